The number of anilines is 3. The molecule has 4 fully saturated rings. The summed E-state index contributed by atoms with van der Waals surface area (Å²) in [7, 11) is 0. The van der Waals surface area contributed by atoms with Crippen LogP contribution in [0.1, 0.15) is 38.5 Å². The zero-order valence-corrected chi connectivity index (χ0v) is 18.6. The van der Waals surface area contributed by atoms with Gasteiger partial charge in [0.25, 0.3) is 0 Å². The Hall–Kier alpha value is -2.73. The van der Waals surface area contributed by atoms with E-state index in [1.54, 1.807) is 18.2 Å². The number of hydrogen-bond donors (Lipinski definition) is 2. The fourth-order valence-electron chi connectivity index (χ4n) is 6.55. The average molecular weight is 448 g/mol. The number of benzene rings is 2. The van der Waals surface area contributed by atoms with Gasteiger partial charge in [-0.2, -0.15) is 0 Å². The minimum absolute atomic E-state index is 0.164. The fourth-order valence-corrected chi connectivity index (χ4v) is 7.28. The Morgan fingerprint density at radius 3 is 2.44 bits per heavy atom. The highest BCUT2D eigenvalue weighted by atomic mass is 32.1. The molecule has 2 N–H and O–H groups in total. The summed E-state index contributed by atoms with van der Waals surface area (Å²) in [6.07, 6.45) is 7.16. The molecule has 0 radical (unpaired) electrons. The first kappa shape index (κ1) is 19.9. The number of thiazole rings is 1. The van der Waals surface area contributed by atoms with Gasteiger partial charge in [-0.3, -0.25) is 4.79 Å². The standard InChI is InChI=1S/C26H26FN3OS/c27-21-6-1-2-7-22(21)29-25-30-23(15-32-25)19-4-3-5-20(11-19)28-24(31)26-12-16-8-17(13-26)10-18(9-16)14-26/h1-7,11,15-18H,8-10,12-14H2,(H,28,31)(H,29,30). The second-order valence-corrected chi connectivity index (χ2v) is 10.7. The first-order chi connectivity index (χ1) is 15.6. The SMILES string of the molecule is O=C(Nc1cccc(-c2csc(Nc3ccccc3F)n2)c1)C12CC3CC(CC(C3)C1)C2. The molecule has 164 valence electrons. The van der Waals surface area contributed by atoms with Gasteiger partial charge in [0.05, 0.1) is 16.8 Å². The van der Waals surface area contributed by atoms with Gasteiger partial charge < -0.3 is 10.6 Å². The first-order valence-corrected chi connectivity index (χ1v) is 12.3. The lowest BCUT2D eigenvalue weighted by atomic mass is 9.49. The van der Waals surface area contributed by atoms with Crippen molar-refractivity contribution in [1.29, 1.82) is 0 Å². The predicted molar refractivity (Wildman–Crippen MR) is 126 cm³/mol. The molecule has 3 aromatic rings. The number of rotatable bonds is 5. The van der Waals surface area contributed by atoms with Crippen molar-refractivity contribution in [2.24, 2.45) is 23.2 Å². The quantitative estimate of drug-likeness (QED) is 0.450. The molecule has 0 unspecified atom stereocenters. The molecule has 4 bridgehead atoms. The zero-order valence-electron chi connectivity index (χ0n) is 17.8. The summed E-state index contributed by atoms with van der Waals surface area (Å²) >= 11 is 1.43. The Morgan fingerprint density at radius 1 is 1.00 bits per heavy atom. The topological polar surface area (TPSA) is 54.0 Å². The van der Waals surface area contributed by atoms with E-state index in [2.05, 4.69) is 15.6 Å². The molecule has 1 heterocycles. The van der Waals surface area contributed by atoms with Crippen LogP contribution in [-0.2, 0) is 4.79 Å². The van der Waals surface area contributed by atoms with E-state index in [-0.39, 0.29) is 17.1 Å². The minimum atomic E-state index is -0.307. The minimum Gasteiger partial charge on any atom is -0.329 e. The van der Waals surface area contributed by atoms with Crippen LogP contribution in [0, 0.1) is 29.0 Å². The van der Waals surface area contributed by atoms with Gasteiger partial charge in [-0.15, -0.1) is 11.3 Å². The molecule has 1 amide bonds. The summed E-state index contributed by atoms with van der Waals surface area (Å²) in [5, 5.41) is 8.86. The molecule has 4 aliphatic rings. The van der Waals surface area contributed by atoms with E-state index in [9.17, 15) is 9.18 Å². The van der Waals surface area contributed by atoms with Crippen LogP contribution in [0.4, 0.5) is 20.9 Å². The van der Waals surface area contributed by atoms with Gasteiger partial charge in [0.2, 0.25) is 5.91 Å². The van der Waals surface area contributed by atoms with Crippen molar-refractivity contribution in [2.75, 3.05) is 10.6 Å². The zero-order chi connectivity index (χ0) is 21.7. The largest absolute Gasteiger partial charge is 0.329 e. The molecule has 6 heteroatoms. The van der Waals surface area contributed by atoms with E-state index in [0.29, 0.717) is 10.8 Å². The van der Waals surface area contributed by atoms with Crippen LogP contribution >= 0.6 is 11.3 Å². The summed E-state index contributed by atoms with van der Waals surface area (Å²) in [6.45, 7) is 0. The summed E-state index contributed by atoms with van der Waals surface area (Å²) in [4.78, 5) is 18.0. The van der Waals surface area contributed by atoms with Crippen LogP contribution in [0.3, 0.4) is 0 Å². The van der Waals surface area contributed by atoms with E-state index >= 15 is 0 Å². The van der Waals surface area contributed by atoms with Crippen molar-refractivity contribution < 1.29 is 9.18 Å². The monoisotopic (exact) mass is 447 g/mol. The molecule has 4 saturated carbocycles. The molecule has 2 aromatic carbocycles. The van der Waals surface area contributed by atoms with E-state index in [1.807, 2.05) is 29.6 Å². The van der Waals surface area contributed by atoms with Crippen LogP contribution in [0.2, 0.25) is 0 Å². The predicted octanol–water partition coefficient (Wildman–Crippen LogP) is 6.85. The Balaban J connectivity index is 1.19. The van der Waals surface area contributed by atoms with Gasteiger partial charge in [0.15, 0.2) is 5.13 Å². The maximum absolute atomic E-state index is 13.9. The third kappa shape index (κ3) is 3.60. The summed E-state index contributed by atoms with van der Waals surface area (Å²) in [5.74, 6) is 2.13. The van der Waals surface area contributed by atoms with E-state index in [4.69, 9.17) is 0 Å². The molecule has 0 aliphatic heterocycles. The molecule has 0 atom stereocenters. The molecule has 0 spiro atoms. The number of amides is 1. The number of nitrogens with one attached hydrogen (secondary N) is 2. The molecular formula is C26H26FN3OS. The number of carbonyl (C=O) groups is 1. The number of nitrogens with zero attached hydrogens (tertiary/aromatic N) is 1. The van der Waals surface area contributed by atoms with E-state index in [1.165, 1.54) is 36.7 Å². The van der Waals surface area contributed by atoms with Crippen LogP contribution < -0.4 is 10.6 Å². The Kier molecular flexibility index (Phi) is 4.79. The lowest BCUT2D eigenvalue weighted by Gasteiger charge is -2.55. The number of carbonyl (C=O) groups excluding carboxylic acids is 1. The highest BCUT2D eigenvalue weighted by Crippen LogP contribution is 2.60. The van der Waals surface area contributed by atoms with Gasteiger partial charge >= 0.3 is 0 Å². The van der Waals surface area contributed by atoms with E-state index < -0.39 is 0 Å². The molecule has 4 nitrogen and oxygen atoms in total. The van der Waals surface area contributed by atoms with Gasteiger partial charge in [-0.1, -0.05) is 24.3 Å². The molecule has 32 heavy (non-hydrogen) atoms. The second-order valence-electron chi connectivity index (χ2n) is 9.88. The van der Waals surface area contributed by atoms with Crippen LogP contribution in [0.15, 0.2) is 53.9 Å². The summed E-state index contributed by atoms with van der Waals surface area (Å²) < 4.78 is 13.9. The van der Waals surface area contributed by atoms with Crippen LogP contribution in [-0.4, -0.2) is 10.9 Å². The number of para-hydroxylation sites is 1. The molecule has 7 rings (SSSR count). The lowest BCUT2D eigenvalue weighted by Crippen LogP contribution is -2.51. The van der Waals surface area contributed by atoms with Crippen LogP contribution in [0.25, 0.3) is 11.3 Å². The van der Waals surface area contributed by atoms with Gasteiger partial charge in [0.1, 0.15) is 5.82 Å². The number of hydrogen-bond acceptors (Lipinski definition) is 4. The highest BCUT2D eigenvalue weighted by molar-refractivity contribution is 7.14. The van der Waals surface area contributed by atoms with Crippen molar-refractivity contribution in [3.63, 3.8) is 0 Å². The Labute approximate surface area is 191 Å². The number of aromatic nitrogens is 1. The third-order valence-corrected chi connectivity index (χ3v) is 8.31. The van der Waals surface area contributed by atoms with Crippen LogP contribution in [0.5, 0.6) is 0 Å². The Morgan fingerprint density at radius 2 is 1.72 bits per heavy atom. The average Bonchev–Trinajstić information content (AvgIpc) is 3.23. The van der Waals surface area contributed by atoms with Crippen molar-refractivity contribution in [2.45, 2.75) is 38.5 Å². The van der Waals surface area contributed by atoms with Crippen molar-refractivity contribution in [3.05, 3.63) is 59.7 Å². The fraction of sp³-hybridized carbons (Fsp3) is 0.385. The van der Waals surface area contributed by atoms with Gasteiger partial charge in [-0.25, -0.2) is 9.37 Å². The summed E-state index contributed by atoms with van der Waals surface area (Å²) in [6, 6.07) is 14.4. The molecular weight excluding hydrogens is 421 g/mol. The number of halogens is 1. The molecule has 4 aliphatic carbocycles. The van der Waals surface area contributed by atoms with Gasteiger partial charge in [-0.05, 0) is 80.5 Å². The molecule has 1 aromatic heterocycles. The molecule has 0 saturated heterocycles. The third-order valence-electron chi connectivity index (χ3n) is 7.56. The van der Waals surface area contributed by atoms with Crippen molar-refractivity contribution in [1.82, 2.24) is 4.98 Å². The highest BCUT2D eigenvalue weighted by Gasteiger charge is 2.54. The van der Waals surface area contributed by atoms with E-state index in [0.717, 1.165) is 54.0 Å². The second kappa shape index (κ2) is 7.69. The maximum Gasteiger partial charge on any atom is 0.230 e. The van der Waals surface area contributed by atoms with Crippen molar-refractivity contribution >= 4 is 33.8 Å². The van der Waals surface area contributed by atoms with Gasteiger partial charge in [0, 0.05) is 16.6 Å². The smallest absolute Gasteiger partial charge is 0.230 e. The maximum atomic E-state index is 13.9. The normalized spacial score (nSPS) is 28.0. The first-order valence-electron chi connectivity index (χ1n) is 11.5. The summed E-state index contributed by atoms with van der Waals surface area (Å²) in [5.41, 5.74) is 2.80. The Bertz CT molecular complexity index is 1140. The lowest BCUT2D eigenvalue weighted by molar-refractivity contribution is -0.140. The van der Waals surface area contributed by atoms with Crippen molar-refractivity contribution in [3.8, 4) is 11.3 Å².